The lowest BCUT2D eigenvalue weighted by molar-refractivity contribution is -0.122. The van der Waals surface area contributed by atoms with Crippen molar-refractivity contribution >= 4 is 49.8 Å². The molecule has 1 atom stereocenters. The van der Waals surface area contributed by atoms with Crippen LogP contribution in [0.2, 0.25) is 0 Å². The van der Waals surface area contributed by atoms with Gasteiger partial charge in [0.05, 0.1) is 17.1 Å². The first-order chi connectivity index (χ1) is 17.0. The van der Waals surface area contributed by atoms with Crippen molar-refractivity contribution in [3.05, 3.63) is 90.5 Å². The van der Waals surface area contributed by atoms with Gasteiger partial charge in [-0.05, 0) is 29.8 Å². The van der Waals surface area contributed by atoms with Crippen LogP contribution in [0.3, 0.4) is 0 Å². The molecule has 8 nitrogen and oxygen atoms in total. The van der Waals surface area contributed by atoms with Crippen LogP contribution in [-0.4, -0.2) is 37.2 Å². The molecule has 0 saturated heterocycles. The van der Waals surface area contributed by atoms with Gasteiger partial charge in [-0.1, -0.05) is 83.8 Å². The molecule has 35 heavy (non-hydrogen) atoms. The van der Waals surface area contributed by atoms with Gasteiger partial charge in [-0.15, -0.1) is 10.2 Å². The highest BCUT2D eigenvalue weighted by molar-refractivity contribution is 8.00. The Balaban J connectivity index is 1.31. The average molecular weight is 525 g/mol. The van der Waals surface area contributed by atoms with E-state index in [4.69, 9.17) is 4.74 Å². The Morgan fingerprint density at radius 2 is 1.69 bits per heavy atom. The van der Waals surface area contributed by atoms with Crippen LogP contribution in [0.15, 0.2) is 94.2 Å². The number of carbonyl (C=O) groups is 1. The van der Waals surface area contributed by atoms with E-state index >= 15 is 0 Å². The van der Waals surface area contributed by atoms with E-state index in [1.54, 1.807) is 42.5 Å². The predicted molar refractivity (Wildman–Crippen MR) is 136 cm³/mol. The minimum Gasteiger partial charge on any atom is -0.476 e. The highest BCUT2D eigenvalue weighted by Gasteiger charge is 2.37. The van der Waals surface area contributed by atoms with E-state index in [9.17, 15) is 13.2 Å². The maximum Gasteiger partial charge on any atom is 0.269 e. The van der Waals surface area contributed by atoms with E-state index in [1.807, 2.05) is 30.3 Å². The van der Waals surface area contributed by atoms with E-state index in [2.05, 4.69) is 15.5 Å². The smallest absolute Gasteiger partial charge is 0.269 e. The number of ether oxygens (including phenoxy) is 1. The number of amides is 1. The maximum atomic E-state index is 13.4. The summed E-state index contributed by atoms with van der Waals surface area (Å²) in [5.74, 6) is 0.552. The number of aromatic nitrogens is 2. The normalized spacial score (nSPS) is 15.2. The van der Waals surface area contributed by atoms with Gasteiger partial charge >= 0.3 is 0 Å². The number of para-hydroxylation sites is 2. The number of hydrogen-bond donors (Lipinski definition) is 1. The molecule has 0 radical (unpaired) electrons. The Bertz CT molecular complexity index is 1430. The average Bonchev–Trinajstić information content (AvgIpc) is 3.35. The van der Waals surface area contributed by atoms with Crippen LogP contribution < -0.4 is 14.4 Å². The third-order valence-corrected chi connectivity index (χ3v) is 9.04. The Hall–Kier alpha value is -3.41. The van der Waals surface area contributed by atoms with Gasteiger partial charge in [0.2, 0.25) is 5.13 Å². The fraction of sp³-hybridized carbons (Fsp3) is 0.125. The second-order valence-electron chi connectivity index (χ2n) is 7.56. The third-order valence-electron chi connectivity index (χ3n) is 5.20. The zero-order valence-corrected chi connectivity index (χ0v) is 20.7. The standard InChI is InChI=1S/C24H20N4O4S3/c29-22(25-23-26-27-24(34-23)33-16-17-9-3-1-4-10-17)21-15-28(19-13-7-8-14-20(19)32-21)35(30,31)18-11-5-2-6-12-18/h1-14,21H,15-16H2,(H,25,26,29)/t21-/m0/s1. The lowest BCUT2D eigenvalue weighted by atomic mass is 10.2. The molecule has 0 bridgehead atoms. The van der Waals surface area contributed by atoms with Crippen molar-refractivity contribution in [1.29, 1.82) is 0 Å². The molecule has 11 heteroatoms. The molecule has 1 aliphatic rings. The monoisotopic (exact) mass is 524 g/mol. The van der Waals surface area contributed by atoms with Gasteiger partial charge in [-0.3, -0.25) is 14.4 Å². The Morgan fingerprint density at radius 1 is 1.00 bits per heavy atom. The summed E-state index contributed by atoms with van der Waals surface area (Å²) < 4.78 is 34.6. The lowest BCUT2D eigenvalue weighted by Gasteiger charge is -2.34. The fourth-order valence-electron chi connectivity index (χ4n) is 3.51. The van der Waals surface area contributed by atoms with Crippen molar-refractivity contribution in [2.24, 2.45) is 0 Å². The molecular formula is C24H20N4O4S3. The molecule has 1 aromatic heterocycles. The number of benzene rings is 3. The second-order valence-corrected chi connectivity index (χ2v) is 11.6. The van der Waals surface area contributed by atoms with Gasteiger partial charge in [-0.2, -0.15) is 0 Å². The minimum atomic E-state index is -3.90. The topological polar surface area (TPSA) is 101 Å². The number of anilines is 2. The van der Waals surface area contributed by atoms with Gasteiger partial charge < -0.3 is 4.74 Å². The molecule has 5 rings (SSSR count). The summed E-state index contributed by atoms with van der Waals surface area (Å²) in [7, 11) is -3.90. The number of nitrogens with zero attached hydrogens (tertiary/aromatic N) is 3. The molecule has 1 amide bonds. The molecule has 0 aliphatic carbocycles. The number of sulfonamides is 1. The molecule has 4 aromatic rings. The summed E-state index contributed by atoms with van der Waals surface area (Å²) >= 11 is 2.78. The molecule has 3 aromatic carbocycles. The summed E-state index contributed by atoms with van der Waals surface area (Å²) in [6, 6.07) is 24.9. The van der Waals surface area contributed by atoms with Crippen LogP contribution in [0.4, 0.5) is 10.8 Å². The van der Waals surface area contributed by atoms with Crippen molar-refractivity contribution < 1.29 is 17.9 Å². The van der Waals surface area contributed by atoms with E-state index in [0.717, 1.165) is 11.3 Å². The first kappa shape index (κ1) is 23.3. The van der Waals surface area contributed by atoms with Crippen molar-refractivity contribution in [3.63, 3.8) is 0 Å². The van der Waals surface area contributed by atoms with Crippen LogP contribution in [0, 0.1) is 0 Å². The minimum absolute atomic E-state index is 0.139. The van der Waals surface area contributed by atoms with Crippen molar-refractivity contribution in [2.45, 2.75) is 21.1 Å². The SMILES string of the molecule is O=C(Nc1nnc(SCc2ccccc2)s1)[C@@H]1CN(S(=O)(=O)c2ccccc2)c2ccccc2O1. The van der Waals surface area contributed by atoms with Gasteiger partial charge in [0, 0.05) is 5.75 Å². The number of nitrogens with one attached hydrogen (secondary N) is 1. The third kappa shape index (κ3) is 5.16. The van der Waals surface area contributed by atoms with Crippen molar-refractivity contribution in [3.8, 4) is 5.75 Å². The number of fused-ring (bicyclic) bond motifs is 1. The van der Waals surface area contributed by atoms with Gasteiger partial charge in [0.1, 0.15) is 5.75 Å². The Labute approximate surface area is 211 Å². The summed E-state index contributed by atoms with van der Waals surface area (Å²) in [6.07, 6.45) is -1.06. The molecule has 2 heterocycles. The molecule has 1 aliphatic heterocycles. The Morgan fingerprint density at radius 3 is 2.46 bits per heavy atom. The summed E-state index contributed by atoms with van der Waals surface area (Å²) in [6.45, 7) is -0.172. The number of rotatable bonds is 7. The zero-order valence-electron chi connectivity index (χ0n) is 18.3. The van der Waals surface area contributed by atoms with Gasteiger partial charge in [0.25, 0.3) is 15.9 Å². The fourth-order valence-corrected chi connectivity index (χ4v) is 6.72. The van der Waals surface area contributed by atoms with Gasteiger partial charge in [0.15, 0.2) is 10.4 Å². The number of hydrogen-bond acceptors (Lipinski definition) is 8. The highest BCUT2D eigenvalue weighted by atomic mass is 32.2. The first-order valence-electron chi connectivity index (χ1n) is 10.7. The molecule has 178 valence electrons. The molecule has 0 saturated carbocycles. The molecule has 0 unspecified atom stereocenters. The number of carbonyl (C=O) groups excluding carboxylic acids is 1. The Kier molecular flexibility index (Phi) is 6.71. The van der Waals surface area contributed by atoms with Crippen molar-refractivity contribution in [1.82, 2.24) is 10.2 Å². The van der Waals surface area contributed by atoms with E-state index in [-0.39, 0.29) is 11.4 Å². The van der Waals surface area contributed by atoms with Gasteiger partial charge in [-0.25, -0.2) is 8.42 Å². The van der Waals surface area contributed by atoms with Crippen molar-refractivity contribution in [2.75, 3.05) is 16.2 Å². The second kappa shape index (κ2) is 10.1. The predicted octanol–water partition coefficient (Wildman–Crippen LogP) is 4.43. The van der Waals surface area contributed by atoms with E-state index in [0.29, 0.717) is 20.9 Å². The van der Waals surface area contributed by atoms with E-state index < -0.39 is 22.0 Å². The lowest BCUT2D eigenvalue weighted by Crippen LogP contribution is -2.48. The molecule has 1 N–H and O–H groups in total. The largest absolute Gasteiger partial charge is 0.476 e. The zero-order chi connectivity index (χ0) is 24.3. The van der Waals surface area contributed by atoms with Crippen LogP contribution >= 0.6 is 23.1 Å². The number of thioether (sulfide) groups is 1. The quantitative estimate of drug-likeness (QED) is 0.282. The van der Waals surface area contributed by atoms with Crippen LogP contribution in [-0.2, 0) is 20.6 Å². The summed E-state index contributed by atoms with van der Waals surface area (Å²) in [5.41, 5.74) is 1.54. The van der Waals surface area contributed by atoms with Crippen LogP contribution in [0.1, 0.15) is 5.56 Å². The maximum absolute atomic E-state index is 13.4. The molecule has 0 spiro atoms. The highest BCUT2D eigenvalue weighted by Crippen LogP contribution is 2.37. The summed E-state index contributed by atoms with van der Waals surface area (Å²) in [5, 5.41) is 11.2. The van der Waals surface area contributed by atoms with Crippen LogP contribution in [0.5, 0.6) is 5.75 Å². The van der Waals surface area contributed by atoms with E-state index in [1.165, 1.54) is 39.5 Å². The summed E-state index contributed by atoms with van der Waals surface area (Å²) in [4.78, 5) is 13.2. The first-order valence-corrected chi connectivity index (χ1v) is 13.9. The molecule has 0 fully saturated rings. The van der Waals surface area contributed by atoms with Crippen LogP contribution in [0.25, 0.3) is 0 Å². The molecular weight excluding hydrogens is 504 g/mol.